The highest BCUT2D eigenvalue weighted by molar-refractivity contribution is 7.99. The maximum atomic E-state index is 13.3. The van der Waals surface area contributed by atoms with Crippen LogP contribution in [0.5, 0.6) is 0 Å². The summed E-state index contributed by atoms with van der Waals surface area (Å²) < 4.78 is 0. The molecule has 15 heteroatoms. The van der Waals surface area contributed by atoms with Crippen molar-refractivity contribution in [2.24, 2.45) is 5.92 Å². The van der Waals surface area contributed by atoms with Crippen molar-refractivity contribution >= 4 is 59.1 Å². The normalized spacial score (nSPS) is 18.8. The number of fused-ring (bicyclic) bond motifs is 1. The molecule has 1 aromatic carbocycles. The third kappa shape index (κ3) is 11.7. The number of nitrogens with one attached hydrogen (secondary N) is 2. The highest BCUT2D eigenvalue weighted by atomic mass is 32.2. The van der Waals surface area contributed by atoms with E-state index in [2.05, 4.69) is 25.4 Å². The average molecular weight is 849 g/mol. The van der Waals surface area contributed by atoms with Gasteiger partial charge in [0.2, 0.25) is 17.7 Å². The van der Waals surface area contributed by atoms with Gasteiger partial charge >= 0.3 is 0 Å². The lowest BCUT2D eigenvalue weighted by molar-refractivity contribution is -0.136. The van der Waals surface area contributed by atoms with E-state index in [-0.39, 0.29) is 30.6 Å². The van der Waals surface area contributed by atoms with E-state index in [1.165, 1.54) is 0 Å². The Kier molecular flexibility index (Phi) is 15.3. The van der Waals surface area contributed by atoms with E-state index in [1.54, 1.807) is 54.6 Å². The fourth-order valence-corrected chi connectivity index (χ4v) is 9.45. The number of likely N-dealkylation sites (tertiary alicyclic amines) is 1. The summed E-state index contributed by atoms with van der Waals surface area (Å²) in [5.41, 5.74) is 2.17. The summed E-state index contributed by atoms with van der Waals surface area (Å²) in [6.45, 7) is 7.01. The Morgan fingerprint density at radius 2 is 1.64 bits per heavy atom. The number of anilines is 1. The number of hydrogen-bond acceptors (Lipinski definition) is 11. The number of unbranched alkanes of at least 4 members (excludes halogenated alkanes) is 4. The largest absolute Gasteiger partial charge is 0.354 e. The molecule has 6 heterocycles. The van der Waals surface area contributed by atoms with Gasteiger partial charge in [0.25, 0.3) is 17.7 Å². The Bertz CT molecular complexity index is 2070. The molecule has 0 radical (unpaired) electrons. The number of piperidine rings is 2. The Morgan fingerprint density at radius 1 is 0.836 bits per heavy atom. The molecule has 2 N–H and O–H groups in total. The van der Waals surface area contributed by atoms with Crippen LogP contribution in [0.15, 0.2) is 72.0 Å². The molecule has 1 atom stereocenters. The topological polar surface area (TPSA) is 165 Å². The Labute approximate surface area is 361 Å². The number of amides is 6. The maximum Gasteiger partial charge on any atom is 0.262 e. The molecule has 4 aliphatic heterocycles. The Hall–Kier alpha value is -5.41. The molecule has 2 aromatic heterocycles. The summed E-state index contributed by atoms with van der Waals surface area (Å²) in [4.78, 5) is 92.8. The Morgan fingerprint density at radius 3 is 2.39 bits per heavy atom. The van der Waals surface area contributed by atoms with E-state index >= 15 is 0 Å². The minimum absolute atomic E-state index is 0.0560. The molecule has 1 unspecified atom stereocenters. The van der Waals surface area contributed by atoms with Crippen molar-refractivity contribution in [2.75, 3.05) is 63.0 Å². The fourth-order valence-electron chi connectivity index (χ4n) is 8.50. The molecule has 3 fully saturated rings. The first-order chi connectivity index (χ1) is 29.7. The van der Waals surface area contributed by atoms with Gasteiger partial charge in [0.15, 0.2) is 0 Å². The zero-order valence-electron chi connectivity index (χ0n) is 34.8. The van der Waals surface area contributed by atoms with Gasteiger partial charge in [-0.3, -0.25) is 48.9 Å². The third-order valence-electron chi connectivity index (χ3n) is 12.1. The molecule has 6 amide bonds. The molecule has 0 saturated carbocycles. The highest BCUT2D eigenvalue weighted by Crippen LogP contribution is 2.31. The van der Waals surface area contributed by atoms with E-state index < -0.39 is 23.8 Å². The molecule has 0 spiro atoms. The maximum absolute atomic E-state index is 13.3. The lowest BCUT2D eigenvalue weighted by Crippen LogP contribution is -2.54. The summed E-state index contributed by atoms with van der Waals surface area (Å²) in [5, 5.41) is 5.19. The second kappa shape index (κ2) is 21.4. The van der Waals surface area contributed by atoms with Gasteiger partial charge in [0, 0.05) is 81.8 Å². The van der Waals surface area contributed by atoms with E-state index in [1.807, 2.05) is 35.2 Å². The van der Waals surface area contributed by atoms with Crippen molar-refractivity contribution in [3.8, 4) is 0 Å². The number of carbonyl (C=O) groups is 6. The van der Waals surface area contributed by atoms with Crippen LogP contribution in [-0.2, 0) is 14.4 Å². The smallest absolute Gasteiger partial charge is 0.262 e. The molecular weight excluding hydrogens is 793 g/mol. The summed E-state index contributed by atoms with van der Waals surface area (Å²) in [5.74, 6) is 0.448. The molecule has 14 nitrogen and oxygen atoms in total. The molecule has 0 bridgehead atoms. The van der Waals surface area contributed by atoms with Crippen LogP contribution < -0.4 is 15.5 Å². The van der Waals surface area contributed by atoms with Crippen LogP contribution in [0.4, 0.5) is 5.82 Å². The second-order valence-electron chi connectivity index (χ2n) is 16.3. The quantitative estimate of drug-likeness (QED) is 0.0748. The number of rotatable bonds is 18. The van der Waals surface area contributed by atoms with Gasteiger partial charge < -0.3 is 15.1 Å². The van der Waals surface area contributed by atoms with Gasteiger partial charge in [-0.05, 0) is 105 Å². The number of aromatic nitrogens is 2. The number of nitrogens with zero attached hydrogens (tertiary/aromatic N) is 6. The summed E-state index contributed by atoms with van der Waals surface area (Å²) in [6.07, 6.45) is 18.3. The monoisotopic (exact) mass is 848 g/mol. The van der Waals surface area contributed by atoms with Crippen LogP contribution in [0.3, 0.4) is 0 Å². The second-order valence-corrected chi connectivity index (χ2v) is 17.5. The minimum Gasteiger partial charge on any atom is -0.354 e. The molecule has 3 saturated heterocycles. The van der Waals surface area contributed by atoms with Gasteiger partial charge in [-0.15, -0.1) is 11.8 Å². The molecule has 3 aromatic rings. The first-order valence-electron chi connectivity index (χ1n) is 21.8. The van der Waals surface area contributed by atoms with Crippen LogP contribution in [0.25, 0.3) is 6.08 Å². The van der Waals surface area contributed by atoms with Gasteiger partial charge in [0.1, 0.15) is 11.9 Å². The number of pyridine rings is 2. The SMILES string of the molecule is O=C(/C=C/c1cccnc1)NCCCCC1CCN(C(=O)c2ccc(N3CCN(CCCCCCSc4ccc5c(c4)C(=O)N(C4CCC(=O)NC4=O)C5=O)CC3)nc2)CC1. The van der Waals surface area contributed by atoms with Crippen molar-refractivity contribution in [1.29, 1.82) is 0 Å². The lowest BCUT2D eigenvalue weighted by Gasteiger charge is -2.35. The standard InChI is InChI=1S/C46H56N8O6S/c55-41(16-10-34-9-7-20-47-31-34)48-21-4-3-8-33-18-23-53(24-19-33)44(58)35-11-15-40(49-32-35)52-27-25-51(26-28-52)22-5-1-2-6-29-61-36-12-13-37-38(30-36)46(60)54(45(37)59)39-14-17-42(56)50-43(39)57/h7,9-13,15-16,20,30-33,39H,1-6,8,14,17-19,21-29H2,(H,48,55)(H,50,56,57)/b16-10+. The van der Waals surface area contributed by atoms with Crippen molar-refractivity contribution < 1.29 is 28.8 Å². The van der Waals surface area contributed by atoms with Crippen molar-refractivity contribution in [1.82, 2.24) is 35.3 Å². The number of benzene rings is 1. The van der Waals surface area contributed by atoms with Crippen molar-refractivity contribution in [2.45, 2.75) is 81.6 Å². The Balaban J connectivity index is 0.721. The van der Waals surface area contributed by atoms with E-state index in [0.717, 1.165) is 131 Å². The van der Waals surface area contributed by atoms with Crippen molar-refractivity contribution in [3.63, 3.8) is 0 Å². The van der Waals surface area contributed by atoms with Crippen LogP contribution in [0.2, 0.25) is 0 Å². The lowest BCUT2D eigenvalue weighted by atomic mass is 9.91. The zero-order valence-corrected chi connectivity index (χ0v) is 35.6. The molecule has 61 heavy (non-hydrogen) atoms. The number of carbonyl (C=O) groups excluding carboxylic acids is 6. The number of thioether (sulfide) groups is 1. The van der Waals surface area contributed by atoms with Crippen molar-refractivity contribution in [3.05, 3.63) is 89.4 Å². The van der Waals surface area contributed by atoms with Gasteiger partial charge in [-0.2, -0.15) is 0 Å². The summed E-state index contributed by atoms with van der Waals surface area (Å²) >= 11 is 1.67. The first kappa shape index (κ1) is 43.7. The number of piperazine rings is 1. The molecule has 0 aliphatic carbocycles. The van der Waals surface area contributed by atoms with E-state index in [9.17, 15) is 28.8 Å². The van der Waals surface area contributed by atoms with Crippen LogP contribution >= 0.6 is 11.8 Å². The van der Waals surface area contributed by atoms with Crippen LogP contribution in [0.1, 0.15) is 107 Å². The summed E-state index contributed by atoms with van der Waals surface area (Å²) in [7, 11) is 0. The molecular formula is C46H56N8O6S. The number of hydrogen-bond donors (Lipinski definition) is 2. The summed E-state index contributed by atoms with van der Waals surface area (Å²) in [6, 6.07) is 12.0. The van der Waals surface area contributed by atoms with Gasteiger partial charge in [-0.25, -0.2) is 4.98 Å². The van der Waals surface area contributed by atoms with Gasteiger partial charge in [-0.1, -0.05) is 31.7 Å². The highest BCUT2D eigenvalue weighted by Gasteiger charge is 2.44. The predicted molar refractivity (Wildman–Crippen MR) is 234 cm³/mol. The predicted octanol–water partition coefficient (Wildman–Crippen LogP) is 5.20. The van der Waals surface area contributed by atoms with Crippen LogP contribution in [-0.4, -0.2) is 124 Å². The van der Waals surface area contributed by atoms with E-state index in [0.29, 0.717) is 29.2 Å². The average Bonchev–Trinajstić information content (AvgIpc) is 3.53. The molecule has 322 valence electrons. The fraction of sp³-hybridized carbons (Fsp3) is 0.478. The zero-order chi connectivity index (χ0) is 42.6. The number of imide groups is 2. The third-order valence-corrected chi connectivity index (χ3v) is 13.2. The molecule has 4 aliphatic rings. The van der Waals surface area contributed by atoms with Gasteiger partial charge in [0.05, 0.1) is 16.7 Å². The minimum atomic E-state index is -0.955. The van der Waals surface area contributed by atoms with Crippen LogP contribution in [0, 0.1) is 5.92 Å². The van der Waals surface area contributed by atoms with E-state index in [4.69, 9.17) is 4.98 Å². The molecule has 7 rings (SSSR count). The first-order valence-corrected chi connectivity index (χ1v) is 22.8.